The fourth-order valence-corrected chi connectivity index (χ4v) is 2.92. The number of pyridine rings is 1. The van der Waals surface area contributed by atoms with Crippen molar-refractivity contribution in [3.05, 3.63) is 23.6 Å². The molecule has 0 aliphatic rings. The highest BCUT2D eigenvalue weighted by molar-refractivity contribution is 6.00. The Bertz CT molecular complexity index is 1040. The van der Waals surface area contributed by atoms with E-state index in [0.717, 1.165) is 35.1 Å². The standard InChI is InChI=1S/C17H23N5O2.C2HF3O2/c1-5-6-13-11(9-23-4)15(21-24-13)16-14-12(7-8-19-17(14)18)22(20-16)10(2)3;3-2(4,5)1(6)7/h7-8,10H,5-6,9H2,1-4H3,(H2,18,19);(H,6,7). The van der Waals surface area contributed by atoms with Crippen molar-refractivity contribution in [3.8, 4) is 11.4 Å². The lowest BCUT2D eigenvalue weighted by molar-refractivity contribution is -0.192. The molecule has 0 unspecified atom stereocenters. The van der Waals surface area contributed by atoms with E-state index in [0.29, 0.717) is 23.8 Å². The van der Waals surface area contributed by atoms with Crippen LogP contribution in [0.25, 0.3) is 22.3 Å². The molecule has 31 heavy (non-hydrogen) atoms. The summed E-state index contributed by atoms with van der Waals surface area (Å²) in [6, 6.07) is 2.11. The van der Waals surface area contributed by atoms with Gasteiger partial charge in [0.2, 0.25) is 0 Å². The van der Waals surface area contributed by atoms with Gasteiger partial charge in [0, 0.05) is 25.8 Å². The molecule has 3 rings (SSSR count). The molecule has 0 radical (unpaired) electrons. The van der Waals surface area contributed by atoms with Crippen LogP contribution in [-0.2, 0) is 22.6 Å². The SMILES string of the molecule is CCCc1onc(-c2nn(C(C)C)c3ccnc(N)c23)c1COC.O=C(O)C(F)(F)F. The van der Waals surface area contributed by atoms with Crippen molar-refractivity contribution < 1.29 is 32.3 Å². The molecule has 12 heteroatoms. The number of nitrogens with two attached hydrogens (primary N) is 1. The van der Waals surface area contributed by atoms with E-state index in [-0.39, 0.29) is 6.04 Å². The molecule has 0 atom stereocenters. The molecule has 0 bridgehead atoms. The van der Waals surface area contributed by atoms with Crippen molar-refractivity contribution in [1.29, 1.82) is 0 Å². The molecule has 0 spiro atoms. The van der Waals surface area contributed by atoms with E-state index in [1.54, 1.807) is 13.3 Å². The molecule has 0 fully saturated rings. The summed E-state index contributed by atoms with van der Waals surface area (Å²) in [5.74, 6) is -1.48. The first-order valence-electron chi connectivity index (χ1n) is 9.42. The Morgan fingerprint density at radius 2 is 2.00 bits per heavy atom. The predicted octanol–water partition coefficient (Wildman–Crippen LogP) is 3.98. The number of hydrogen-bond acceptors (Lipinski definition) is 7. The van der Waals surface area contributed by atoms with E-state index in [1.807, 2.05) is 10.7 Å². The summed E-state index contributed by atoms with van der Waals surface area (Å²) in [5, 5.41) is 17.0. The van der Waals surface area contributed by atoms with Crippen LogP contribution in [0.3, 0.4) is 0 Å². The monoisotopic (exact) mass is 443 g/mol. The van der Waals surface area contributed by atoms with Crippen LogP contribution in [0.5, 0.6) is 0 Å². The molecule has 3 aromatic rings. The fourth-order valence-electron chi connectivity index (χ4n) is 2.92. The average Bonchev–Trinajstić information content (AvgIpc) is 3.25. The number of aryl methyl sites for hydroxylation is 1. The topological polar surface area (TPSA) is 129 Å². The number of nitrogen functional groups attached to an aromatic ring is 1. The molecule has 0 amide bonds. The Hall–Kier alpha value is -3.15. The van der Waals surface area contributed by atoms with E-state index in [2.05, 4.69) is 30.9 Å². The van der Waals surface area contributed by atoms with Crippen molar-refractivity contribution in [3.63, 3.8) is 0 Å². The Kier molecular flexibility index (Phi) is 7.60. The minimum atomic E-state index is -5.08. The number of nitrogens with zero attached hydrogens (tertiary/aromatic N) is 4. The number of carbonyl (C=O) groups is 1. The van der Waals surface area contributed by atoms with Crippen molar-refractivity contribution in [2.45, 2.75) is 52.4 Å². The maximum atomic E-state index is 10.6. The number of carboxylic acid groups (broad SMARTS) is 1. The first kappa shape index (κ1) is 24.1. The maximum absolute atomic E-state index is 10.6. The Labute approximate surface area is 176 Å². The van der Waals surface area contributed by atoms with E-state index in [1.165, 1.54) is 0 Å². The number of aliphatic carboxylic acids is 1. The van der Waals surface area contributed by atoms with Crippen LogP contribution in [0.15, 0.2) is 16.8 Å². The number of aromatic nitrogens is 4. The van der Waals surface area contributed by atoms with Gasteiger partial charge in [-0.3, -0.25) is 4.68 Å². The quantitative estimate of drug-likeness (QED) is 0.585. The van der Waals surface area contributed by atoms with Crippen LogP contribution in [0, 0.1) is 0 Å². The Morgan fingerprint density at radius 1 is 1.35 bits per heavy atom. The van der Waals surface area contributed by atoms with Crippen LogP contribution in [0.4, 0.5) is 19.0 Å². The third-order valence-electron chi connectivity index (χ3n) is 4.24. The summed E-state index contributed by atoms with van der Waals surface area (Å²) < 4.78 is 44.6. The number of anilines is 1. The van der Waals surface area contributed by atoms with Gasteiger partial charge in [-0.2, -0.15) is 18.3 Å². The molecule has 3 N–H and O–H groups in total. The van der Waals surface area contributed by atoms with Crippen molar-refractivity contribution in [2.24, 2.45) is 0 Å². The molecule has 0 aliphatic carbocycles. The summed E-state index contributed by atoms with van der Waals surface area (Å²) in [7, 11) is 1.66. The van der Waals surface area contributed by atoms with E-state index in [9.17, 15) is 13.2 Å². The second-order valence-corrected chi connectivity index (χ2v) is 6.90. The zero-order chi connectivity index (χ0) is 23.3. The predicted molar refractivity (Wildman–Crippen MR) is 106 cm³/mol. The molecule has 0 saturated heterocycles. The Balaban J connectivity index is 0.000000423. The molecule has 170 valence electrons. The zero-order valence-electron chi connectivity index (χ0n) is 17.5. The number of rotatable bonds is 6. The molecule has 0 aromatic carbocycles. The maximum Gasteiger partial charge on any atom is 0.490 e. The lowest BCUT2D eigenvalue weighted by atomic mass is 10.1. The van der Waals surface area contributed by atoms with E-state index in [4.69, 9.17) is 30.0 Å². The molecule has 0 saturated carbocycles. The van der Waals surface area contributed by atoms with Gasteiger partial charge < -0.3 is 20.1 Å². The summed E-state index contributed by atoms with van der Waals surface area (Å²) >= 11 is 0. The van der Waals surface area contributed by atoms with Crippen molar-refractivity contribution >= 4 is 22.7 Å². The third kappa shape index (κ3) is 5.32. The molecular weight excluding hydrogens is 419 g/mol. The van der Waals surface area contributed by atoms with Crippen LogP contribution in [-0.4, -0.2) is 44.3 Å². The van der Waals surface area contributed by atoms with Crippen LogP contribution < -0.4 is 5.73 Å². The molecule has 3 aromatic heterocycles. The highest BCUT2D eigenvalue weighted by Gasteiger charge is 2.38. The first-order valence-corrected chi connectivity index (χ1v) is 9.42. The van der Waals surface area contributed by atoms with Gasteiger partial charge >= 0.3 is 12.1 Å². The van der Waals surface area contributed by atoms with Crippen LogP contribution in [0.2, 0.25) is 0 Å². The summed E-state index contributed by atoms with van der Waals surface area (Å²) in [6.07, 6.45) is -1.61. The van der Waals surface area contributed by atoms with Gasteiger partial charge in [0.15, 0.2) is 0 Å². The molecule has 3 heterocycles. The lowest BCUT2D eigenvalue weighted by Gasteiger charge is -2.06. The first-order chi connectivity index (χ1) is 14.5. The summed E-state index contributed by atoms with van der Waals surface area (Å²) in [6.45, 7) is 6.68. The number of methoxy groups -OCH3 is 1. The smallest absolute Gasteiger partial charge is 0.475 e. The van der Waals surface area contributed by atoms with Crippen molar-refractivity contribution in [1.82, 2.24) is 19.9 Å². The largest absolute Gasteiger partial charge is 0.490 e. The van der Waals surface area contributed by atoms with Gasteiger partial charge in [-0.25, -0.2) is 9.78 Å². The van der Waals surface area contributed by atoms with Gasteiger partial charge in [0.25, 0.3) is 0 Å². The summed E-state index contributed by atoms with van der Waals surface area (Å²) in [4.78, 5) is 13.1. The number of fused-ring (bicyclic) bond motifs is 1. The normalized spacial score (nSPS) is 11.6. The highest BCUT2D eigenvalue weighted by Crippen LogP contribution is 2.35. The molecular formula is C19H24F3N5O4. The van der Waals surface area contributed by atoms with Gasteiger partial charge in [-0.1, -0.05) is 12.1 Å². The number of hydrogen-bond donors (Lipinski definition) is 2. The van der Waals surface area contributed by atoms with Gasteiger partial charge in [-0.15, -0.1) is 0 Å². The molecule has 9 nitrogen and oxygen atoms in total. The minimum absolute atomic E-state index is 0.191. The second-order valence-electron chi connectivity index (χ2n) is 6.90. The lowest BCUT2D eigenvalue weighted by Crippen LogP contribution is -2.21. The van der Waals surface area contributed by atoms with Crippen molar-refractivity contribution in [2.75, 3.05) is 12.8 Å². The van der Waals surface area contributed by atoms with Gasteiger partial charge in [0.05, 0.1) is 23.1 Å². The summed E-state index contributed by atoms with van der Waals surface area (Å²) in [5.41, 5.74) is 9.39. The number of halogens is 3. The number of alkyl halides is 3. The minimum Gasteiger partial charge on any atom is -0.475 e. The zero-order valence-corrected chi connectivity index (χ0v) is 17.5. The van der Waals surface area contributed by atoms with Crippen LogP contribution in [0.1, 0.15) is 44.6 Å². The average molecular weight is 443 g/mol. The van der Waals surface area contributed by atoms with Gasteiger partial charge in [0.1, 0.15) is 23.0 Å². The second kappa shape index (κ2) is 9.77. The van der Waals surface area contributed by atoms with Gasteiger partial charge in [-0.05, 0) is 26.3 Å². The Morgan fingerprint density at radius 3 is 2.52 bits per heavy atom. The number of carboxylic acids is 1. The number of ether oxygens (including phenoxy) is 1. The van der Waals surface area contributed by atoms with E-state index >= 15 is 0 Å². The van der Waals surface area contributed by atoms with Crippen LogP contribution >= 0.6 is 0 Å². The third-order valence-corrected chi connectivity index (χ3v) is 4.24. The highest BCUT2D eigenvalue weighted by atomic mass is 19.4. The molecule has 0 aliphatic heterocycles. The van der Waals surface area contributed by atoms with E-state index < -0.39 is 12.1 Å². The fraction of sp³-hybridized carbons (Fsp3) is 0.474.